The van der Waals surface area contributed by atoms with Gasteiger partial charge in [0.1, 0.15) is 11.9 Å². The number of ether oxygens (including phenoxy) is 1. The van der Waals surface area contributed by atoms with Crippen LogP contribution in [-0.2, 0) is 10.9 Å². The molecule has 0 unspecified atom stereocenters. The van der Waals surface area contributed by atoms with Crippen molar-refractivity contribution in [3.05, 3.63) is 22.8 Å². The number of nitrogens with zero attached hydrogens (tertiary/aromatic N) is 2. The monoisotopic (exact) mass is 323 g/mol. The van der Waals surface area contributed by atoms with E-state index < -0.39 is 23.9 Å². The number of carbonyl (C=O) groups excluding carboxylic acids is 1. The molecule has 0 saturated carbocycles. The fourth-order valence-corrected chi connectivity index (χ4v) is 2.50. The molecule has 116 valence electrons. The molecule has 1 aromatic heterocycles. The Labute approximate surface area is 123 Å². The quantitative estimate of drug-likeness (QED) is 0.908. The minimum Gasteiger partial charge on any atom is -0.445 e. The van der Waals surface area contributed by atoms with Gasteiger partial charge in [0.25, 0.3) is 0 Å². The molecule has 2 rings (SSSR count). The lowest BCUT2D eigenvalue weighted by molar-refractivity contribution is -0.137. The lowest BCUT2D eigenvalue weighted by atomic mass is 10.1. The van der Waals surface area contributed by atoms with E-state index >= 15 is 0 Å². The normalized spacial score (nSPS) is 19.4. The SMILES string of the molecule is NC(=O)O[C@@H]1CCCN(c2ncc(C(F)(F)F)cc2Cl)C1. The van der Waals surface area contributed by atoms with E-state index in [-0.39, 0.29) is 10.8 Å². The Kier molecular flexibility index (Phi) is 4.46. The molecule has 21 heavy (non-hydrogen) atoms. The number of anilines is 1. The minimum atomic E-state index is -4.49. The Morgan fingerprint density at radius 1 is 1.52 bits per heavy atom. The van der Waals surface area contributed by atoms with Crippen molar-refractivity contribution < 1.29 is 22.7 Å². The molecule has 5 nitrogen and oxygen atoms in total. The minimum absolute atomic E-state index is 0.0930. The van der Waals surface area contributed by atoms with Crippen LogP contribution in [0.2, 0.25) is 5.02 Å². The van der Waals surface area contributed by atoms with E-state index in [2.05, 4.69) is 4.98 Å². The summed E-state index contributed by atoms with van der Waals surface area (Å²) in [5.41, 5.74) is 4.05. The van der Waals surface area contributed by atoms with Gasteiger partial charge in [-0.3, -0.25) is 0 Å². The van der Waals surface area contributed by atoms with Crippen molar-refractivity contribution in [2.45, 2.75) is 25.1 Å². The van der Waals surface area contributed by atoms with Crippen LogP contribution in [0.15, 0.2) is 12.3 Å². The summed E-state index contributed by atoms with van der Waals surface area (Å²) in [7, 11) is 0. The van der Waals surface area contributed by atoms with Crippen molar-refractivity contribution in [2.24, 2.45) is 5.73 Å². The lowest BCUT2D eigenvalue weighted by Crippen LogP contribution is -2.42. The number of amides is 1. The van der Waals surface area contributed by atoms with Crippen LogP contribution < -0.4 is 10.6 Å². The van der Waals surface area contributed by atoms with E-state index in [9.17, 15) is 18.0 Å². The molecule has 0 spiro atoms. The van der Waals surface area contributed by atoms with Gasteiger partial charge in [-0.05, 0) is 18.9 Å². The zero-order valence-corrected chi connectivity index (χ0v) is 11.6. The Bertz CT molecular complexity index is 539. The number of alkyl halides is 3. The highest BCUT2D eigenvalue weighted by atomic mass is 35.5. The van der Waals surface area contributed by atoms with E-state index in [4.69, 9.17) is 22.1 Å². The number of hydrogen-bond acceptors (Lipinski definition) is 4. The Balaban J connectivity index is 2.16. The average Bonchev–Trinajstić information content (AvgIpc) is 2.37. The molecule has 0 radical (unpaired) electrons. The first-order valence-electron chi connectivity index (χ1n) is 6.21. The third-order valence-electron chi connectivity index (χ3n) is 3.11. The summed E-state index contributed by atoms with van der Waals surface area (Å²) in [5.74, 6) is 0.238. The van der Waals surface area contributed by atoms with Gasteiger partial charge in [-0.1, -0.05) is 11.6 Å². The molecule has 0 aliphatic carbocycles. The number of piperidine rings is 1. The first-order valence-corrected chi connectivity index (χ1v) is 6.59. The third-order valence-corrected chi connectivity index (χ3v) is 3.39. The summed E-state index contributed by atoms with van der Waals surface area (Å²) < 4.78 is 42.6. The van der Waals surface area contributed by atoms with Gasteiger partial charge in [0.15, 0.2) is 0 Å². The number of carbonyl (C=O) groups is 1. The number of hydrogen-bond donors (Lipinski definition) is 1. The number of pyridine rings is 1. The molecular formula is C12H13ClF3N3O2. The van der Waals surface area contributed by atoms with Gasteiger partial charge in [-0.25, -0.2) is 9.78 Å². The van der Waals surface area contributed by atoms with Crippen molar-refractivity contribution in [1.29, 1.82) is 0 Å². The molecule has 1 aliphatic rings. The molecule has 1 amide bonds. The topological polar surface area (TPSA) is 68.5 Å². The first kappa shape index (κ1) is 15.7. The van der Waals surface area contributed by atoms with E-state index in [1.807, 2.05) is 0 Å². The molecule has 1 saturated heterocycles. The predicted molar refractivity (Wildman–Crippen MR) is 70.2 cm³/mol. The van der Waals surface area contributed by atoms with E-state index in [1.54, 1.807) is 4.90 Å². The van der Waals surface area contributed by atoms with Crippen LogP contribution in [0.3, 0.4) is 0 Å². The summed E-state index contributed by atoms with van der Waals surface area (Å²) in [6.07, 6.45) is -3.73. The maximum absolute atomic E-state index is 12.6. The van der Waals surface area contributed by atoms with E-state index in [1.165, 1.54) is 0 Å². The molecule has 9 heteroatoms. The second-order valence-corrected chi connectivity index (χ2v) is 5.08. The molecule has 1 aromatic rings. The van der Waals surface area contributed by atoms with Crippen LogP contribution in [0.5, 0.6) is 0 Å². The predicted octanol–water partition coefficient (Wildman–Crippen LogP) is 2.82. The number of halogens is 4. The van der Waals surface area contributed by atoms with Gasteiger partial charge in [0.2, 0.25) is 0 Å². The van der Waals surface area contributed by atoms with Crippen molar-refractivity contribution in [1.82, 2.24) is 4.98 Å². The van der Waals surface area contributed by atoms with Gasteiger partial charge in [0, 0.05) is 12.7 Å². The highest BCUT2D eigenvalue weighted by molar-refractivity contribution is 6.33. The van der Waals surface area contributed by atoms with Crippen LogP contribution in [0.1, 0.15) is 18.4 Å². The van der Waals surface area contributed by atoms with Crippen molar-refractivity contribution in [3.63, 3.8) is 0 Å². The van der Waals surface area contributed by atoms with Crippen LogP contribution in [0.4, 0.5) is 23.8 Å². The van der Waals surface area contributed by atoms with Crippen LogP contribution in [-0.4, -0.2) is 30.3 Å². The molecule has 0 bridgehead atoms. The molecule has 1 atom stereocenters. The standard InChI is InChI=1S/C12H13ClF3N3O2/c13-9-4-7(12(14,15)16)5-18-10(9)19-3-1-2-8(6-19)21-11(17)20/h4-5,8H,1-3,6H2,(H2,17,20)/t8-/m1/s1. The van der Waals surface area contributed by atoms with Crippen molar-refractivity contribution in [2.75, 3.05) is 18.0 Å². The Morgan fingerprint density at radius 2 is 2.24 bits per heavy atom. The van der Waals surface area contributed by atoms with Gasteiger partial charge >= 0.3 is 12.3 Å². The summed E-state index contributed by atoms with van der Waals surface area (Å²) >= 11 is 5.89. The highest BCUT2D eigenvalue weighted by Crippen LogP contribution is 2.34. The Morgan fingerprint density at radius 3 is 2.81 bits per heavy atom. The second-order valence-electron chi connectivity index (χ2n) is 4.67. The smallest absolute Gasteiger partial charge is 0.417 e. The molecule has 2 N–H and O–H groups in total. The summed E-state index contributed by atoms with van der Waals surface area (Å²) in [6.45, 7) is 0.859. The summed E-state index contributed by atoms with van der Waals surface area (Å²) in [4.78, 5) is 16.2. The fraction of sp³-hybridized carbons (Fsp3) is 0.500. The fourth-order valence-electron chi connectivity index (χ4n) is 2.21. The molecule has 1 fully saturated rings. The first-order chi connectivity index (χ1) is 9.77. The van der Waals surface area contributed by atoms with Crippen molar-refractivity contribution >= 4 is 23.5 Å². The second kappa shape index (κ2) is 5.97. The zero-order chi connectivity index (χ0) is 15.6. The average molecular weight is 324 g/mol. The highest BCUT2D eigenvalue weighted by Gasteiger charge is 2.32. The van der Waals surface area contributed by atoms with Crippen LogP contribution in [0.25, 0.3) is 0 Å². The maximum Gasteiger partial charge on any atom is 0.417 e. The van der Waals surface area contributed by atoms with E-state index in [0.29, 0.717) is 25.9 Å². The maximum atomic E-state index is 12.6. The van der Waals surface area contributed by atoms with E-state index in [0.717, 1.165) is 12.3 Å². The van der Waals surface area contributed by atoms with Gasteiger partial charge in [-0.15, -0.1) is 0 Å². The molecule has 2 heterocycles. The third kappa shape index (κ3) is 3.90. The number of nitrogens with two attached hydrogens (primary N) is 1. The van der Waals surface area contributed by atoms with Crippen LogP contribution >= 0.6 is 11.6 Å². The molecular weight excluding hydrogens is 311 g/mol. The summed E-state index contributed by atoms with van der Waals surface area (Å²) in [6, 6.07) is 0.836. The molecule has 1 aliphatic heterocycles. The number of aromatic nitrogens is 1. The number of primary amides is 1. The number of rotatable bonds is 2. The van der Waals surface area contributed by atoms with Crippen LogP contribution in [0, 0.1) is 0 Å². The van der Waals surface area contributed by atoms with Gasteiger partial charge in [0.05, 0.1) is 17.1 Å². The van der Waals surface area contributed by atoms with Gasteiger partial charge < -0.3 is 15.4 Å². The Hall–Kier alpha value is -1.70. The zero-order valence-electron chi connectivity index (χ0n) is 10.9. The lowest BCUT2D eigenvalue weighted by Gasteiger charge is -2.33. The van der Waals surface area contributed by atoms with Gasteiger partial charge in [-0.2, -0.15) is 13.2 Å². The largest absolute Gasteiger partial charge is 0.445 e. The summed E-state index contributed by atoms with van der Waals surface area (Å²) in [5, 5.41) is -0.0930. The van der Waals surface area contributed by atoms with Crippen molar-refractivity contribution in [3.8, 4) is 0 Å². The molecule has 0 aromatic carbocycles.